The summed E-state index contributed by atoms with van der Waals surface area (Å²) in [6.07, 6.45) is -0.801. The number of ether oxygens (including phenoxy) is 1. The van der Waals surface area contributed by atoms with Crippen molar-refractivity contribution in [3.05, 3.63) is 51.5 Å². The Labute approximate surface area is 190 Å². The summed E-state index contributed by atoms with van der Waals surface area (Å²) in [4.78, 5) is 28.2. The van der Waals surface area contributed by atoms with E-state index in [2.05, 4.69) is 10.2 Å². The van der Waals surface area contributed by atoms with E-state index in [0.717, 1.165) is 5.69 Å². The first kappa shape index (κ1) is 22.5. The van der Waals surface area contributed by atoms with E-state index in [0.29, 0.717) is 52.7 Å². The van der Waals surface area contributed by atoms with Crippen molar-refractivity contribution in [3.8, 4) is 5.75 Å². The van der Waals surface area contributed by atoms with Crippen LogP contribution >= 0.6 is 34.8 Å². The first-order valence-electron chi connectivity index (χ1n) is 9.48. The summed E-state index contributed by atoms with van der Waals surface area (Å²) < 4.78 is 5.70. The number of nitrogens with zero attached hydrogens (tertiary/aromatic N) is 2. The zero-order chi connectivity index (χ0) is 21.8. The van der Waals surface area contributed by atoms with Crippen LogP contribution in [0.5, 0.6) is 5.75 Å². The van der Waals surface area contributed by atoms with Gasteiger partial charge in [0.15, 0.2) is 6.10 Å². The van der Waals surface area contributed by atoms with Crippen LogP contribution in [0, 0.1) is 0 Å². The van der Waals surface area contributed by atoms with Crippen molar-refractivity contribution in [2.45, 2.75) is 20.0 Å². The Hall–Kier alpha value is -2.15. The molecule has 0 radical (unpaired) electrons. The molecule has 6 nitrogen and oxygen atoms in total. The lowest BCUT2D eigenvalue weighted by Crippen LogP contribution is -2.48. The summed E-state index contributed by atoms with van der Waals surface area (Å²) in [6, 6.07) is 10.2. The van der Waals surface area contributed by atoms with Gasteiger partial charge in [-0.05, 0) is 37.3 Å². The largest absolute Gasteiger partial charge is 0.479 e. The third kappa shape index (κ3) is 5.31. The molecule has 0 spiro atoms. The number of piperazine rings is 1. The highest BCUT2D eigenvalue weighted by Gasteiger charge is 2.24. The van der Waals surface area contributed by atoms with Crippen LogP contribution in [-0.4, -0.2) is 49.0 Å². The molecule has 30 heavy (non-hydrogen) atoms. The molecule has 1 fully saturated rings. The number of carbonyl (C=O) groups is 2. The number of halogens is 3. The van der Waals surface area contributed by atoms with Gasteiger partial charge in [0.1, 0.15) is 5.75 Å². The second-order valence-corrected chi connectivity index (χ2v) is 8.20. The molecule has 0 unspecified atom stereocenters. The lowest BCUT2D eigenvalue weighted by atomic mass is 10.2. The number of carbonyl (C=O) groups excluding carboxylic acids is 2. The minimum Gasteiger partial charge on any atom is -0.479 e. The van der Waals surface area contributed by atoms with Gasteiger partial charge in [-0.1, -0.05) is 40.9 Å². The fraction of sp³-hybridized carbons (Fsp3) is 0.333. The van der Waals surface area contributed by atoms with E-state index in [1.807, 2.05) is 0 Å². The molecule has 2 amide bonds. The van der Waals surface area contributed by atoms with E-state index < -0.39 is 6.10 Å². The minimum absolute atomic E-state index is 0.0502. The zero-order valence-corrected chi connectivity index (χ0v) is 18.9. The van der Waals surface area contributed by atoms with E-state index in [9.17, 15) is 9.59 Å². The molecule has 0 saturated carbocycles. The van der Waals surface area contributed by atoms with Gasteiger partial charge in [0.2, 0.25) is 5.91 Å². The molecule has 1 aliphatic heterocycles. The van der Waals surface area contributed by atoms with Gasteiger partial charge in [-0.2, -0.15) is 0 Å². The van der Waals surface area contributed by atoms with Crippen molar-refractivity contribution in [3.63, 3.8) is 0 Å². The van der Waals surface area contributed by atoms with Crippen LogP contribution in [-0.2, 0) is 9.59 Å². The molecule has 2 aromatic carbocycles. The molecule has 3 rings (SSSR count). The molecular formula is C21H22Cl3N3O3. The molecule has 1 saturated heterocycles. The highest BCUT2D eigenvalue weighted by molar-refractivity contribution is 6.35. The Morgan fingerprint density at radius 2 is 1.73 bits per heavy atom. The lowest BCUT2D eigenvalue weighted by Gasteiger charge is -2.37. The topological polar surface area (TPSA) is 61.9 Å². The third-order valence-corrected chi connectivity index (χ3v) is 5.69. The molecule has 2 aromatic rings. The highest BCUT2D eigenvalue weighted by Crippen LogP contribution is 2.35. The van der Waals surface area contributed by atoms with Crippen LogP contribution in [0.15, 0.2) is 36.4 Å². The highest BCUT2D eigenvalue weighted by atomic mass is 35.5. The van der Waals surface area contributed by atoms with Crippen LogP contribution < -0.4 is 15.0 Å². The van der Waals surface area contributed by atoms with Gasteiger partial charge in [0.25, 0.3) is 5.91 Å². The molecule has 1 N–H and O–H groups in total. The number of rotatable bonds is 5. The average molecular weight is 471 g/mol. The number of benzene rings is 2. The molecule has 1 aliphatic rings. The summed E-state index contributed by atoms with van der Waals surface area (Å²) in [5.41, 5.74) is 1.31. The Kier molecular flexibility index (Phi) is 7.34. The summed E-state index contributed by atoms with van der Waals surface area (Å²) in [6.45, 7) is 5.64. The minimum atomic E-state index is -0.801. The maximum atomic E-state index is 12.8. The van der Waals surface area contributed by atoms with E-state index in [-0.39, 0.29) is 11.8 Å². The molecule has 9 heteroatoms. The standard InChI is InChI=1S/C21H22Cl3N3O3/c1-13(30-19-7-6-15(22)12-17(19)24)21(29)25-18-5-3-4-16(23)20(18)27-10-8-26(9-11-27)14(2)28/h3-7,12-13H,8-11H2,1-2H3,(H,25,29)/t13-/m1/s1. The molecule has 160 valence electrons. The van der Waals surface area contributed by atoms with Crippen molar-refractivity contribution in [2.24, 2.45) is 0 Å². The average Bonchev–Trinajstić information content (AvgIpc) is 2.70. The molecular weight excluding hydrogens is 449 g/mol. The van der Waals surface area contributed by atoms with Gasteiger partial charge in [-0.25, -0.2) is 0 Å². The Morgan fingerprint density at radius 3 is 2.37 bits per heavy atom. The van der Waals surface area contributed by atoms with Crippen LogP contribution in [0.4, 0.5) is 11.4 Å². The van der Waals surface area contributed by atoms with E-state index in [1.165, 1.54) is 0 Å². The second kappa shape index (κ2) is 9.77. The maximum Gasteiger partial charge on any atom is 0.265 e. The van der Waals surface area contributed by atoms with E-state index >= 15 is 0 Å². The van der Waals surface area contributed by atoms with Crippen LogP contribution in [0.25, 0.3) is 0 Å². The SMILES string of the molecule is CC(=O)N1CCN(c2c(Cl)cccc2NC(=O)[C@@H](C)Oc2ccc(Cl)cc2Cl)CC1. The first-order chi connectivity index (χ1) is 14.3. The second-order valence-electron chi connectivity index (χ2n) is 6.95. The quantitative estimate of drug-likeness (QED) is 0.687. The molecule has 1 atom stereocenters. The molecule has 0 bridgehead atoms. The van der Waals surface area contributed by atoms with Crippen molar-refractivity contribution in [2.75, 3.05) is 36.4 Å². The monoisotopic (exact) mass is 469 g/mol. The van der Waals surface area contributed by atoms with Gasteiger partial charge in [-0.3, -0.25) is 9.59 Å². The molecule has 0 aliphatic carbocycles. The number of hydrogen-bond donors (Lipinski definition) is 1. The van der Waals surface area contributed by atoms with E-state index in [4.69, 9.17) is 39.5 Å². The summed E-state index contributed by atoms with van der Waals surface area (Å²) in [5, 5.41) is 4.23. The smallest absolute Gasteiger partial charge is 0.265 e. The van der Waals surface area contributed by atoms with Crippen LogP contribution in [0.1, 0.15) is 13.8 Å². The molecule has 0 aromatic heterocycles. The van der Waals surface area contributed by atoms with Gasteiger partial charge in [0.05, 0.1) is 21.4 Å². The van der Waals surface area contributed by atoms with Gasteiger partial charge in [0, 0.05) is 38.1 Å². The van der Waals surface area contributed by atoms with Gasteiger partial charge in [-0.15, -0.1) is 0 Å². The number of para-hydroxylation sites is 1. The number of hydrogen-bond acceptors (Lipinski definition) is 4. The Balaban J connectivity index is 1.72. The number of amides is 2. The van der Waals surface area contributed by atoms with E-state index in [1.54, 1.807) is 55.1 Å². The zero-order valence-electron chi connectivity index (χ0n) is 16.6. The fourth-order valence-corrected chi connectivity index (χ4v) is 3.98. The van der Waals surface area contributed by atoms with Gasteiger partial charge >= 0.3 is 0 Å². The Bertz CT molecular complexity index is 946. The van der Waals surface area contributed by atoms with Crippen molar-refractivity contribution < 1.29 is 14.3 Å². The lowest BCUT2D eigenvalue weighted by molar-refractivity contribution is -0.129. The maximum absolute atomic E-state index is 12.8. The van der Waals surface area contributed by atoms with Crippen molar-refractivity contribution >= 4 is 58.0 Å². The predicted octanol–water partition coefficient (Wildman–Crippen LogP) is 4.72. The molecule has 1 heterocycles. The Morgan fingerprint density at radius 1 is 1.03 bits per heavy atom. The van der Waals surface area contributed by atoms with Crippen LogP contribution in [0.2, 0.25) is 15.1 Å². The summed E-state index contributed by atoms with van der Waals surface area (Å²) in [5.74, 6) is 0.0801. The number of nitrogens with one attached hydrogen (secondary N) is 1. The number of anilines is 2. The fourth-order valence-electron chi connectivity index (χ4n) is 3.23. The van der Waals surface area contributed by atoms with Gasteiger partial charge < -0.3 is 19.9 Å². The third-order valence-electron chi connectivity index (χ3n) is 4.85. The normalized spacial score (nSPS) is 15.0. The van der Waals surface area contributed by atoms with Crippen molar-refractivity contribution in [1.82, 2.24) is 4.90 Å². The van der Waals surface area contributed by atoms with Crippen LogP contribution in [0.3, 0.4) is 0 Å². The predicted molar refractivity (Wildman–Crippen MR) is 121 cm³/mol. The summed E-state index contributed by atoms with van der Waals surface area (Å²) in [7, 11) is 0. The first-order valence-corrected chi connectivity index (χ1v) is 10.6. The van der Waals surface area contributed by atoms with Crippen molar-refractivity contribution in [1.29, 1.82) is 0 Å². The summed E-state index contributed by atoms with van der Waals surface area (Å²) >= 11 is 18.5.